The number of benzene rings is 1. The average molecular weight is 329 g/mol. The summed E-state index contributed by atoms with van der Waals surface area (Å²) in [6, 6.07) is 6.61. The quantitative estimate of drug-likeness (QED) is 0.870. The van der Waals surface area contributed by atoms with Gasteiger partial charge in [-0.2, -0.15) is 5.10 Å². The van der Waals surface area contributed by atoms with Gasteiger partial charge in [-0.3, -0.25) is 9.48 Å². The van der Waals surface area contributed by atoms with Crippen molar-refractivity contribution in [2.45, 2.75) is 18.9 Å². The highest BCUT2D eigenvalue weighted by molar-refractivity contribution is 6.04. The smallest absolute Gasteiger partial charge is 0.337 e. The zero-order valence-corrected chi connectivity index (χ0v) is 13.4. The van der Waals surface area contributed by atoms with Crippen LogP contribution < -0.4 is 5.32 Å². The minimum absolute atomic E-state index is 0.252. The van der Waals surface area contributed by atoms with Crippen molar-refractivity contribution in [3.05, 3.63) is 47.8 Å². The maximum atomic E-state index is 12.3. The van der Waals surface area contributed by atoms with Crippen LogP contribution in [0.4, 0.5) is 5.69 Å². The van der Waals surface area contributed by atoms with Crippen LogP contribution in [0.2, 0.25) is 0 Å². The molecule has 1 aliphatic rings. The van der Waals surface area contributed by atoms with Gasteiger partial charge in [-0.1, -0.05) is 0 Å². The van der Waals surface area contributed by atoms with Crippen LogP contribution in [0.3, 0.4) is 0 Å². The predicted octanol–water partition coefficient (Wildman–Crippen LogP) is 2.27. The summed E-state index contributed by atoms with van der Waals surface area (Å²) >= 11 is 0. The first kappa shape index (κ1) is 16.2. The molecule has 7 nitrogen and oxygen atoms in total. The predicted molar refractivity (Wildman–Crippen MR) is 87.1 cm³/mol. The van der Waals surface area contributed by atoms with E-state index in [1.165, 1.54) is 7.11 Å². The van der Waals surface area contributed by atoms with Crippen LogP contribution in [0.25, 0.3) is 0 Å². The highest BCUT2D eigenvalue weighted by atomic mass is 16.5. The number of anilines is 1. The first-order valence-electron chi connectivity index (χ1n) is 7.79. The van der Waals surface area contributed by atoms with E-state index in [-0.39, 0.29) is 5.91 Å². The summed E-state index contributed by atoms with van der Waals surface area (Å²) in [5.41, 5.74) is 1.51. The van der Waals surface area contributed by atoms with Crippen LogP contribution in [0.5, 0.6) is 0 Å². The maximum Gasteiger partial charge on any atom is 0.337 e. The van der Waals surface area contributed by atoms with E-state index >= 15 is 0 Å². The van der Waals surface area contributed by atoms with Gasteiger partial charge in [0.2, 0.25) is 0 Å². The molecule has 24 heavy (non-hydrogen) atoms. The van der Waals surface area contributed by atoms with Gasteiger partial charge in [0.15, 0.2) is 0 Å². The summed E-state index contributed by atoms with van der Waals surface area (Å²) in [4.78, 5) is 23.7. The minimum atomic E-state index is -0.431. The molecule has 2 heterocycles. The summed E-state index contributed by atoms with van der Waals surface area (Å²) in [5.74, 6) is -0.683. The van der Waals surface area contributed by atoms with Crippen molar-refractivity contribution in [3.63, 3.8) is 0 Å². The Morgan fingerprint density at radius 3 is 2.54 bits per heavy atom. The van der Waals surface area contributed by atoms with Crippen molar-refractivity contribution in [1.29, 1.82) is 0 Å². The molecule has 2 aromatic rings. The van der Waals surface area contributed by atoms with Gasteiger partial charge in [0.25, 0.3) is 5.91 Å². The lowest BCUT2D eigenvalue weighted by atomic mass is 10.1. The third kappa shape index (κ3) is 3.62. The summed E-state index contributed by atoms with van der Waals surface area (Å²) in [6.45, 7) is 1.47. The maximum absolute atomic E-state index is 12.3. The second-order valence-electron chi connectivity index (χ2n) is 5.58. The van der Waals surface area contributed by atoms with Crippen LogP contribution >= 0.6 is 0 Å². The second-order valence-corrected chi connectivity index (χ2v) is 5.58. The Bertz CT molecular complexity index is 718. The number of carbonyl (C=O) groups excluding carboxylic acids is 2. The molecule has 1 aliphatic heterocycles. The fourth-order valence-electron chi connectivity index (χ4n) is 2.63. The van der Waals surface area contributed by atoms with Crippen LogP contribution in [0.1, 0.15) is 39.6 Å². The van der Waals surface area contributed by atoms with Gasteiger partial charge in [-0.15, -0.1) is 0 Å². The monoisotopic (exact) mass is 329 g/mol. The summed E-state index contributed by atoms with van der Waals surface area (Å²) in [6.07, 6.45) is 5.31. The van der Waals surface area contributed by atoms with E-state index in [1.54, 1.807) is 30.5 Å². The number of nitrogens with one attached hydrogen (secondary N) is 1. The molecule has 126 valence electrons. The normalized spacial score (nSPS) is 15.0. The molecule has 0 saturated carbocycles. The van der Waals surface area contributed by atoms with E-state index in [2.05, 4.69) is 15.2 Å². The molecule has 0 bridgehead atoms. The molecule has 1 fully saturated rings. The molecule has 1 amide bonds. The van der Waals surface area contributed by atoms with Crippen molar-refractivity contribution < 1.29 is 19.1 Å². The Kier molecular flexibility index (Phi) is 4.90. The van der Waals surface area contributed by atoms with E-state index in [4.69, 9.17) is 4.74 Å². The van der Waals surface area contributed by atoms with E-state index in [1.807, 2.05) is 10.9 Å². The summed E-state index contributed by atoms with van der Waals surface area (Å²) < 4.78 is 11.8. The van der Waals surface area contributed by atoms with Gasteiger partial charge < -0.3 is 14.8 Å². The fraction of sp³-hybridized carbons (Fsp3) is 0.353. The average Bonchev–Trinajstić information content (AvgIpc) is 3.10. The topological polar surface area (TPSA) is 82.5 Å². The van der Waals surface area contributed by atoms with Gasteiger partial charge in [-0.05, 0) is 37.1 Å². The number of rotatable bonds is 4. The van der Waals surface area contributed by atoms with Gasteiger partial charge >= 0.3 is 5.97 Å². The molecule has 0 unspecified atom stereocenters. The van der Waals surface area contributed by atoms with Gasteiger partial charge in [0, 0.05) is 25.0 Å². The number of methoxy groups -OCH3 is 1. The first-order valence-corrected chi connectivity index (χ1v) is 7.79. The highest BCUT2D eigenvalue weighted by Gasteiger charge is 2.17. The number of nitrogens with zero attached hydrogens (tertiary/aromatic N) is 2. The fourth-order valence-corrected chi connectivity index (χ4v) is 2.63. The third-order valence-electron chi connectivity index (χ3n) is 3.99. The van der Waals surface area contributed by atoms with E-state index in [9.17, 15) is 9.59 Å². The number of hydrogen-bond donors (Lipinski definition) is 1. The highest BCUT2D eigenvalue weighted by Crippen LogP contribution is 2.21. The lowest BCUT2D eigenvalue weighted by Crippen LogP contribution is -2.19. The van der Waals surface area contributed by atoms with E-state index in [0.717, 1.165) is 26.1 Å². The van der Waals surface area contributed by atoms with E-state index < -0.39 is 5.97 Å². The Hall–Kier alpha value is -2.67. The van der Waals surface area contributed by atoms with Crippen molar-refractivity contribution >= 4 is 17.6 Å². The van der Waals surface area contributed by atoms with Crippen LogP contribution in [0.15, 0.2) is 36.7 Å². The van der Waals surface area contributed by atoms with Crippen molar-refractivity contribution in [2.24, 2.45) is 0 Å². The van der Waals surface area contributed by atoms with Gasteiger partial charge in [-0.25, -0.2) is 4.79 Å². The Labute approximate surface area is 139 Å². The molecule has 0 radical (unpaired) electrons. The third-order valence-corrected chi connectivity index (χ3v) is 3.99. The first-order chi connectivity index (χ1) is 11.7. The van der Waals surface area contributed by atoms with Gasteiger partial charge in [0.05, 0.1) is 30.6 Å². The minimum Gasteiger partial charge on any atom is -0.465 e. The number of hydrogen-bond acceptors (Lipinski definition) is 5. The number of amides is 1. The lowest BCUT2D eigenvalue weighted by molar-refractivity contribution is 0.0600. The Morgan fingerprint density at radius 1 is 1.21 bits per heavy atom. The molecule has 1 saturated heterocycles. The molecular formula is C17H19N3O4. The molecule has 3 rings (SSSR count). The number of aromatic nitrogens is 2. The zero-order valence-electron chi connectivity index (χ0n) is 13.4. The Balaban J connectivity index is 1.64. The van der Waals surface area contributed by atoms with Crippen LogP contribution in [0, 0.1) is 0 Å². The van der Waals surface area contributed by atoms with Crippen LogP contribution in [-0.4, -0.2) is 42.0 Å². The number of ether oxygens (including phenoxy) is 2. The van der Waals surface area contributed by atoms with Crippen molar-refractivity contribution in [3.8, 4) is 0 Å². The lowest BCUT2D eigenvalue weighted by Gasteiger charge is -2.22. The molecular weight excluding hydrogens is 310 g/mol. The number of esters is 1. The van der Waals surface area contributed by atoms with Crippen molar-refractivity contribution in [2.75, 3.05) is 25.6 Å². The van der Waals surface area contributed by atoms with E-state index in [0.29, 0.717) is 22.9 Å². The molecule has 1 aromatic carbocycles. The molecule has 1 N–H and O–H groups in total. The SMILES string of the molecule is COC(=O)c1ccc(C(=O)Nc2cnn(C3CCOCC3)c2)cc1. The Morgan fingerprint density at radius 2 is 1.88 bits per heavy atom. The summed E-state index contributed by atoms with van der Waals surface area (Å²) in [5, 5.41) is 7.13. The molecule has 1 aromatic heterocycles. The number of carbonyl (C=O) groups is 2. The molecule has 7 heteroatoms. The zero-order chi connectivity index (χ0) is 16.9. The molecule has 0 aliphatic carbocycles. The van der Waals surface area contributed by atoms with Crippen molar-refractivity contribution in [1.82, 2.24) is 9.78 Å². The van der Waals surface area contributed by atoms with Gasteiger partial charge in [0.1, 0.15) is 0 Å². The largest absolute Gasteiger partial charge is 0.465 e. The summed E-state index contributed by atoms with van der Waals surface area (Å²) in [7, 11) is 1.32. The standard InChI is InChI=1S/C17H19N3O4/c1-23-17(22)13-4-2-12(3-5-13)16(21)19-14-10-18-20(11-14)15-6-8-24-9-7-15/h2-5,10-11,15H,6-9H2,1H3,(H,19,21). The van der Waals surface area contributed by atoms with Crippen LogP contribution in [-0.2, 0) is 9.47 Å². The second kappa shape index (κ2) is 7.27. The molecule has 0 spiro atoms. The molecule has 0 atom stereocenters.